The van der Waals surface area contributed by atoms with Crippen molar-refractivity contribution in [2.24, 2.45) is 0 Å². The molecule has 2 aromatic carbocycles. The van der Waals surface area contributed by atoms with E-state index in [1.807, 2.05) is 11.8 Å². The van der Waals surface area contributed by atoms with Crippen LogP contribution < -0.4 is 15.0 Å². The van der Waals surface area contributed by atoms with Crippen molar-refractivity contribution in [2.45, 2.75) is 32.6 Å². The predicted octanol–water partition coefficient (Wildman–Crippen LogP) is 4.54. The summed E-state index contributed by atoms with van der Waals surface area (Å²) in [5.41, 5.74) is 1.42. The summed E-state index contributed by atoms with van der Waals surface area (Å²) in [6.07, 6.45) is 4.28. The molecule has 0 saturated carbocycles. The second kappa shape index (κ2) is 10.1. The van der Waals surface area contributed by atoms with E-state index in [1.54, 1.807) is 48.5 Å². The average Bonchev–Trinajstić information content (AvgIpc) is 3.03. The van der Waals surface area contributed by atoms with Crippen molar-refractivity contribution >= 4 is 40.7 Å². The second-order valence-corrected chi connectivity index (χ2v) is 8.35. The summed E-state index contributed by atoms with van der Waals surface area (Å²) in [7, 11) is 0. The van der Waals surface area contributed by atoms with Gasteiger partial charge in [-0.25, -0.2) is 4.90 Å². The number of nitrogens with one attached hydrogen (secondary N) is 1. The van der Waals surface area contributed by atoms with E-state index in [-0.39, 0.29) is 16.6 Å². The van der Waals surface area contributed by atoms with E-state index in [4.69, 9.17) is 16.3 Å². The molecule has 172 valence electrons. The summed E-state index contributed by atoms with van der Waals surface area (Å²) in [4.78, 5) is 41.6. The number of nitrogens with zero attached hydrogens (tertiary/aromatic N) is 2. The molecular formula is C25H26ClN3O4. The molecule has 0 bridgehead atoms. The first kappa shape index (κ1) is 22.9. The van der Waals surface area contributed by atoms with Crippen molar-refractivity contribution in [3.8, 4) is 5.75 Å². The van der Waals surface area contributed by atoms with Crippen molar-refractivity contribution in [2.75, 3.05) is 29.9 Å². The molecule has 1 saturated heterocycles. The first-order chi connectivity index (χ1) is 16.0. The minimum Gasteiger partial charge on any atom is -0.494 e. The zero-order chi connectivity index (χ0) is 23.4. The van der Waals surface area contributed by atoms with E-state index >= 15 is 0 Å². The predicted molar refractivity (Wildman–Crippen MR) is 127 cm³/mol. The highest BCUT2D eigenvalue weighted by molar-refractivity contribution is 6.53. The number of likely N-dealkylation sites (tertiary alicyclic amines) is 1. The monoisotopic (exact) mass is 467 g/mol. The van der Waals surface area contributed by atoms with E-state index in [2.05, 4.69) is 5.32 Å². The lowest BCUT2D eigenvalue weighted by atomic mass is 10.1. The third-order valence-corrected chi connectivity index (χ3v) is 6.06. The highest BCUT2D eigenvalue weighted by atomic mass is 35.5. The van der Waals surface area contributed by atoms with Gasteiger partial charge in [-0.05, 0) is 62.2 Å². The maximum Gasteiger partial charge on any atom is 0.283 e. The lowest BCUT2D eigenvalue weighted by molar-refractivity contribution is -0.120. The average molecular weight is 468 g/mol. The lowest BCUT2D eigenvalue weighted by Gasteiger charge is -2.20. The summed E-state index contributed by atoms with van der Waals surface area (Å²) in [5.74, 6) is -0.558. The first-order valence-electron chi connectivity index (χ1n) is 11.2. The Morgan fingerprint density at radius 2 is 1.70 bits per heavy atom. The number of imide groups is 1. The van der Waals surface area contributed by atoms with Gasteiger partial charge in [0.15, 0.2) is 0 Å². The van der Waals surface area contributed by atoms with Gasteiger partial charge in [0.1, 0.15) is 16.5 Å². The Kier molecular flexibility index (Phi) is 6.99. The van der Waals surface area contributed by atoms with Gasteiger partial charge in [0.25, 0.3) is 17.7 Å². The topological polar surface area (TPSA) is 79.0 Å². The van der Waals surface area contributed by atoms with Crippen LogP contribution in [0.5, 0.6) is 5.75 Å². The van der Waals surface area contributed by atoms with E-state index in [1.165, 1.54) is 0 Å². The number of carbonyl (C=O) groups is 3. The standard InChI is InChI=1S/C25H26ClN3O4/c1-2-33-20-12-10-19(11-13-20)29-24(31)21(26)22(25(29)32)27-18-9-7-8-17(16-18)23(30)28-14-5-3-4-6-15-28/h7-13,16,27H,2-6,14-15H2,1H3. The first-order valence-corrected chi connectivity index (χ1v) is 11.5. The van der Waals surface area contributed by atoms with Gasteiger partial charge < -0.3 is 15.0 Å². The second-order valence-electron chi connectivity index (χ2n) is 7.97. The zero-order valence-corrected chi connectivity index (χ0v) is 19.2. The van der Waals surface area contributed by atoms with Crippen LogP contribution in [0.15, 0.2) is 59.3 Å². The fourth-order valence-corrected chi connectivity index (χ4v) is 4.25. The molecule has 4 rings (SSSR count). The van der Waals surface area contributed by atoms with Gasteiger partial charge in [-0.3, -0.25) is 14.4 Å². The van der Waals surface area contributed by atoms with Crippen molar-refractivity contribution < 1.29 is 19.1 Å². The van der Waals surface area contributed by atoms with E-state index < -0.39 is 11.8 Å². The fraction of sp³-hybridized carbons (Fsp3) is 0.320. The molecule has 2 aromatic rings. The Labute approximate surface area is 198 Å². The van der Waals surface area contributed by atoms with E-state index in [0.29, 0.717) is 29.3 Å². The number of hydrogen-bond acceptors (Lipinski definition) is 5. The molecular weight excluding hydrogens is 442 g/mol. The van der Waals surface area contributed by atoms with Crippen LogP contribution in [0, 0.1) is 0 Å². The van der Waals surface area contributed by atoms with Gasteiger partial charge in [-0.15, -0.1) is 0 Å². The Hall–Kier alpha value is -3.32. The number of rotatable bonds is 6. The van der Waals surface area contributed by atoms with Crippen LogP contribution >= 0.6 is 11.6 Å². The molecule has 8 heteroatoms. The van der Waals surface area contributed by atoms with Crippen LogP contribution in [0.1, 0.15) is 43.0 Å². The molecule has 2 aliphatic rings. The van der Waals surface area contributed by atoms with Gasteiger partial charge in [0.05, 0.1) is 12.3 Å². The Morgan fingerprint density at radius 3 is 2.36 bits per heavy atom. The highest BCUT2D eigenvalue weighted by Crippen LogP contribution is 2.31. The van der Waals surface area contributed by atoms with Crippen molar-refractivity contribution in [1.29, 1.82) is 0 Å². The number of halogens is 1. The summed E-state index contributed by atoms with van der Waals surface area (Å²) < 4.78 is 5.41. The number of amides is 3. The molecule has 0 atom stereocenters. The van der Waals surface area contributed by atoms with E-state index in [0.717, 1.165) is 43.7 Å². The normalized spacial score (nSPS) is 16.8. The SMILES string of the molecule is CCOc1ccc(N2C(=O)C(Cl)=C(Nc3cccc(C(=O)N4CCCCCC4)c3)C2=O)cc1. The quantitative estimate of drug-likeness (QED) is 0.631. The zero-order valence-electron chi connectivity index (χ0n) is 18.5. The van der Waals surface area contributed by atoms with Gasteiger partial charge in [0.2, 0.25) is 0 Å². The van der Waals surface area contributed by atoms with Crippen molar-refractivity contribution in [3.63, 3.8) is 0 Å². The number of benzene rings is 2. The molecule has 1 fully saturated rings. The molecule has 2 heterocycles. The molecule has 2 aliphatic heterocycles. The maximum atomic E-state index is 13.0. The molecule has 3 amide bonds. The third kappa shape index (κ3) is 4.88. The smallest absolute Gasteiger partial charge is 0.283 e. The maximum absolute atomic E-state index is 13.0. The minimum absolute atomic E-state index is 0.0186. The van der Waals surface area contributed by atoms with Crippen LogP contribution in [-0.2, 0) is 9.59 Å². The minimum atomic E-state index is -0.606. The van der Waals surface area contributed by atoms with Gasteiger partial charge >= 0.3 is 0 Å². The van der Waals surface area contributed by atoms with Crippen LogP contribution in [0.4, 0.5) is 11.4 Å². The molecule has 0 spiro atoms. The molecule has 7 nitrogen and oxygen atoms in total. The Bertz CT molecular complexity index is 1090. The molecule has 0 unspecified atom stereocenters. The summed E-state index contributed by atoms with van der Waals surface area (Å²) in [6, 6.07) is 13.6. The molecule has 1 N–H and O–H groups in total. The number of anilines is 2. The van der Waals surface area contributed by atoms with Gasteiger partial charge in [-0.1, -0.05) is 30.5 Å². The van der Waals surface area contributed by atoms with Crippen molar-refractivity contribution in [3.05, 3.63) is 64.8 Å². The van der Waals surface area contributed by atoms with Crippen molar-refractivity contribution in [1.82, 2.24) is 4.90 Å². The fourth-order valence-electron chi connectivity index (χ4n) is 4.03. The van der Waals surface area contributed by atoms with Crippen LogP contribution in [-0.4, -0.2) is 42.3 Å². The lowest BCUT2D eigenvalue weighted by Crippen LogP contribution is -2.32. The van der Waals surface area contributed by atoms with Crippen LogP contribution in [0.2, 0.25) is 0 Å². The molecule has 0 aromatic heterocycles. The summed E-state index contributed by atoms with van der Waals surface area (Å²) >= 11 is 6.25. The summed E-state index contributed by atoms with van der Waals surface area (Å²) in [6.45, 7) is 3.89. The number of carbonyl (C=O) groups excluding carboxylic acids is 3. The molecule has 33 heavy (non-hydrogen) atoms. The van der Waals surface area contributed by atoms with Crippen LogP contribution in [0.25, 0.3) is 0 Å². The van der Waals surface area contributed by atoms with Gasteiger partial charge in [0, 0.05) is 24.3 Å². The van der Waals surface area contributed by atoms with Crippen LogP contribution in [0.3, 0.4) is 0 Å². The largest absolute Gasteiger partial charge is 0.494 e. The van der Waals surface area contributed by atoms with E-state index in [9.17, 15) is 14.4 Å². The third-order valence-electron chi connectivity index (χ3n) is 5.71. The highest BCUT2D eigenvalue weighted by Gasteiger charge is 2.39. The number of ether oxygens (including phenoxy) is 1. The Balaban J connectivity index is 1.51. The Morgan fingerprint density at radius 1 is 1.00 bits per heavy atom. The molecule has 0 aliphatic carbocycles. The van der Waals surface area contributed by atoms with Gasteiger partial charge in [-0.2, -0.15) is 0 Å². The molecule has 0 radical (unpaired) electrons. The number of hydrogen-bond donors (Lipinski definition) is 1. The summed E-state index contributed by atoms with van der Waals surface area (Å²) in [5, 5.41) is 2.76.